The van der Waals surface area contributed by atoms with E-state index < -0.39 is 12.0 Å². The lowest BCUT2D eigenvalue weighted by atomic mass is 10.1. The second-order valence-electron chi connectivity index (χ2n) is 5.83. The second kappa shape index (κ2) is 8.10. The molecule has 128 valence electrons. The van der Waals surface area contributed by atoms with E-state index in [0.29, 0.717) is 6.61 Å². The maximum atomic E-state index is 14.1. The van der Waals surface area contributed by atoms with Gasteiger partial charge in [-0.25, -0.2) is 8.78 Å². The molecular weight excluding hydrogens is 330 g/mol. The first kappa shape index (κ1) is 17.4. The van der Waals surface area contributed by atoms with E-state index in [1.165, 1.54) is 11.8 Å². The van der Waals surface area contributed by atoms with Gasteiger partial charge >= 0.3 is 0 Å². The van der Waals surface area contributed by atoms with Crippen molar-refractivity contribution >= 4 is 11.8 Å². The third kappa shape index (κ3) is 4.56. The Morgan fingerprint density at radius 1 is 0.917 bits per heavy atom. The van der Waals surface area contributed by atoms with Gasteiger partial charge in [-0.2, -0.15) is 0 Å². The van der Waals surface area contributed by atoms with Gasteiger partial charge in [0.05, 0.1) is 30.8 Å². The lowest BCUT2D eigenvalue weighted by Crippen LogP contribution is -2.39. The Bertz CT molecular complexity index is 622. The van der Waals surface area contributed by atoms with Crippen molar-refractivity contribution in [3.63, 3.8) is 0 Å². The first-order valence-corrected chi connectivity index (χ1v) is 8.97. The highest BCUT2D eigenvalue weighted by molar-refractivity contribution is 8.00. The van der Waals surface area contributed by atoms with Crippen LogP contribution in [0.25, 0.3) is 0 Å². The zero-order chi connectivity index (χ0) is 16.8. The molecule has 5 heteroatoms. The largest absolute Gasteiger partial charge is 0.376 e. The lowest BCUT2D eigenvalue weighted by molar-refractivity contribution is -0.126. The third-order valence-electron chi connectivity index (χ3n) is 3.91. The molecule has 0 aromatic heterocycles. The number of rotatable bonds is 7. The number of hydrogen-bond donors (Lipinski definition) is 0. The molecule has 0 spiro atoms. The van der Waals surface area contributed by atoms with Gasteiger partial charge in [-0.15, -0.1) is 11.8 Å². The van der Waals surface area contributed by atoms with Crippen molar-refractivity contribution in [3.05, 3.63) is 71.8 Å². The van der Waals surface area contributed by atoms with Crippen molar-refractivity contribution in [3.8, 4) is 0 Å². The van der Waals surface area contributed by atoms with E-state index in [4.69, 9.17) is 9.47 Å². The van der Waals surface area contributed by atoms with Crippen LogP contribution in [-0.2, 0) is 22.7 Å². The number of alkyl halides is 2. The zero-order valence-electron chi connectivity index (χ0n) is 13.2. The van der Waals surface area contributed by atoms with Crippen molar-refractivity contribution in [2.75, 3.05) is 12.4 Å². The average Bonchev–Trinajstić information content (AvgIpc) is 2.89. The van der Waals surface area contributed by atoms with Crippen LogP contribution < -0.4 is 0 Å². The molecule has 1 saturated heterocycles. The number of hydrogen-bond acceptors (Lipinski definition) is 3. The molecule has 1 heterocycles. The van der Waals surface area contributed by atoms with Gasteiger partial charge in [-0.1, -0.05) is 60.7 Å². The Labute approximate surface area is 145 Å². The van der Waals surface area contributed by atoms with Crippen LogP contribution in [0.2, 0.25) is 0 Å². The Balaban J connectivity index is 1.53. The van der Waals surface area contributed by atoms with E-state index in [1.807, 2.05) is 60.7 Å². The zero-order valence-corrected chi connectivity index (χ0v) is 14.1. The molecule has 3 rings (SSSR count). The summed E-state index contributed by atoms with van der Waals surface area (Å²) in [7, 11) is 0. The summed E-state index contributed by atoms with van der Waals surface area (Å²) in [5.41, 5.74) is 1.93. The van der Waals surface area contributed by atoms with Crippen LogP contribution in [0.5, 0.6) is 0 Å². The van der Waals surface area contributed by atoms with E-state index in [1.54, 1.807) is 0 Å². The van der Waals surface area contributed by atoms with Gasteiger partial charge in [0.2, 0.25) is 0 Å². The molecule has 0 aliphatic carbocycles. The van der Waals surface area contributed by atoms with Gasteiger partial charge in [0.15, 0.2) is 0 Å². The second-order valence-corrected chi connectivity index (χ2v) is 7.06. The monoisotopic (exact) mass is 350 g/mol. The summed E-state index contributed by atoms with van der Waals surface area (Å²) < 4.78 is 39.4. The number of benzene rings is 2. The fourth-order valence-electron chi connectivity index (χ4n) is 2.65. The summed E-state index contributed by atoms with van der Waals surface area (Å²) in [4.78, 5) is 0. The molecule has 0 amide bonds. The molecule has 0 saturated carbocycles. The first-order valence-electron chi connectivity index (χ1n) is 7.92. The topological polar surface area (TPSA) is 18.5 Å². The smallest absolute Gasteiger partial charge is 0.283 e. The molecule has 2 aromatic rings. The van der Waals surface area contributed by atoms with Gasteiger partial charge in [0.1, 0.15) is 6.10 Å². The van der Waals surface area contributed by atoms with Crippen LogP contribution in [0, 0.1) is 0 Å². The fraction of sp³-hybridized carbons (Fsp3) is 0.368. The van der Waals surface area contributed by atoms with E-state index in [0.717, 1.165) is 11.1 Å². The predicted octanol–water partition coefficient (Wildman–Crippen LogP) is 4.54. The highest BCUT2D eigenvalue weighted by Gasteiger charge is 2.51. The SMILES string of the molecule is FC1(F)CS[C@@H](COCc2ccccc2)[C@@H]1OCc1ccccc1. The maximum absolute atomic E-state index is 14.1. The summed E-state index contributed by atoms with van der Waals surface area (Å²) in [5, 5.41) is -0.354. The quantitative estimate of drug-likeness (QED) is 0.730. The molecular formula is C19H20F2O2S. The van der Waals surface area contributed by atoms with Crippen molar-refractivity contribution < 1.29 is 18.3 Å². The van der Waals surface area contributed by atoms with Gasteiger partial charge in [0, 0.05) is 0 Å². The molecule has 1 fully saturated rings. The molecule has 0 N–H and O–H groups in total. The minimum Gasteiger partial charge on any atom is -0.376 e. The number of ether oxygens (including phenoxy) is 2. The lowest BCUT2D eigenvalue weighted by Gasteiger charge is -2.24. The molecule has 24 heavy (non-hydrogen) atoms. The van der Waals surface area contributed by atoms with Crippen molar-refractivity contribution in [2.24, 2.45) is 0 Å². The number of halogens is 2. The Hall–Kier alpha value is -1.43. The first-order chi connectivity index (χ1) is 11.6. The van der Waals surface area contributed by atoms with E-state index in [9.17, 15) is 8.78 Å². The van der Waals surface area contributed by atoms with Crippen molar-refractivity contribution in [2.45, 2.75) is 30.5 Å². The normalized spacial score (nSPS) is 22.6. The molecule has 0 unspecified atom stereocenters. The van der Waals surface area contributed by atoms with Crippen molar-refractivity contribution in [1.29, 1.82) is 0 Å². The standard InChI is InChI=1S/C19H20F2O2S/c20-19(21)14-24-17(13-22-11-15-7-3-1-4-8-15)18(19)23-12-16-9-5-2-6-10-16/h1-10,17-18H,11-14H2/t17-,18-/m0/s1. The summed E-state index contributed by atoms with van der Waals surface area (Å²) in [5.74, 6) is -3.04. The Kier molecular flexibility index (Phi) is 5.87. The van der Waals surface area contributed by atoms with Gasteiger partial charge in [-0.05, 0) is 11.1 Å². The summed E-state index contributed by atoms with van der Waals surface area (Å²) in [6, 6.07) is 19.1. The molecule has 2 aromatic carbocycles. The number of thioether (sulfide) groups is 1. The molecule has 2 atom stereocenters. The van der Waals surface area contributed by atoms with E-state index in [-0.39, 0.29) is 24.2 Å². The van der Waals surface area contributed by atoms with E-state index in [2.05, 4.69) is 0 Å². The van der Waals surface area contributed by atoms with Crippen LogP contribution in [0.15, 0.2) is 60.7 Å². The molecule has 0 radical (unpaired) electrons. The maximum Gasteiger partial charge on any atom is 0.283 e. The van der Waals surface area contributed by atoms with Crippen LogP contribution >= 0.6 is 11.8 Å². The van der Waals surface area contributed by atoms with Crippen LogP contribution in [-0.4, -0.2) is 29.6 Å². The summed E-state index contributed by atoms with van der Waals surface area (Å²) >= 11 is 1.23. The van der Waals surface area contributed by atoms with Crippen LogP contribution in [0.1, 0.15) is 11.1 Å². The Morgan fingerprint density at radius 3 is 2.12 bits per heavy atom. The third-order valence-corrected chi connectivity index (χ3v) is 5.27. The summed E-state index contributed by atoms with van der Waals surface area (Å²) in [6.45, 7) is 0.875. The van der Waals surface area contributed by atoms with Gasteiger partial charge in [-0.3, -0.25) is 0 Å². The average molecular weight is 350 g/mol. The van der Waals surface area contributed by atoms with Crippen molar-refractivity contribution in [1.82, 2.24) is 0 Å². The Morgan fingerprint density at radius 2 is 1.50 bits per heavy atom. The highest BCUT2D eigenvalue weighted by atomic mass is 32.2. The highest BCUT2D eigenvalue weighted by Crippen LogP contribution is 2.41. The van der Waals surface area contributed by atoms with Crippen LogP contribution in [0.3, 0.4) is 0 Å². The van der Waals surface area contributed by atoms with Gasteiger partial charge in [0.25, 0.3) is 5.92 Å². The van der Waals surface area contributed by atoms with Crippen LogP contribution in [0.4, 0.5) is 8.78 Å². The molecule has 1 aliphatic rings. The minimum atomic E-state index is -2.82. The molecule has 0 bridgehead atoms. The minimum absolute atomic E-state index is 0.191. The molecule has 1 aliphatic heterocycles. The van der Waals surface area contributed by atoms with Gasteiger partial charge < -0.3 is 9.47 Å². The summed E-state index contributed by atoms with van der Waals surface area (Å²) in [6.07, 6.45) is -1.11. The molecule has 2 nitrogen and oxygen atoms in total. The van der Waals surface area contributed by atoms with E-state index >= 15 is 0 Å². The fourth-order valence-corrected chi connectivity index (χ4v) is 3.90. The predicted molar refractivity (Wildman–Crippen MR) is 92.3 cm³/mol.